The molecule has 0 heterocycles. The molecule has 0 fully saturated rings. The quantitative estimate of drug-likeness (QED) is 0.126. The second-order valence-corrected chi connectivity index (χ2v) is 6.86. The second kappa shape index (κ2) is 19.4. The van der Waals surface area contributed by atoms with Gasteiger partial charge in [0.2, 0.25) is 0 Å². The third-order valence-corrected chi connectivity index (χ3v) is 3.72. The van der Waals surface area contributed by atoms with E-state index in [2.05, 4.69) is 0 Å². The third-order valence-electron chi connectivity index (χ3n) is 3.72. The van der Waals surface area contributed by atoms with Gasteiger partial charge in [0.1, 0.15) is 0 Å². The van der Waals surface area contributed by atoms with Crippen LogP contribution < -0.4 is 17.2 Å². The van der Waals surface area contributed by atoms with Gasteiger partial charge >= 0.3 is 35.8 Å². The van der Waals surface area contributed by atoms with Crippen LogP contribution in [0.4, 0.5) is 0 Å². The summed E-state index contributed by atoms with van der Waals surface area (Å²) in [7, 11) is 0. The topological polar surface area (TPSA) is 302 Å². The van der Waals surface area contributed by atoms with Crippen LogP contribution in [-0.4, -0.2) is 84.6 Å². The standard InChI is InChI=1S/C8H14N2O6.C6H10O4.C4H9NO2/c9-4(1-5(11)12)8(10,2-6(13)14)3-7(15)16;7-5(8)3-1-2-4-6(9)10;5-3-1-2-4(6)7/h4H,1-3,9-10H2,(H,11,12)(H,13,14)(H,15,16);1-4H2,(H,7,8)(H,9,10);1-3,5H2,(H,6,7). The highest BCUT2D eigenvalue weighted by molar-refractivity contribution is 5.74. The van der Waals surface area contributed by atoms with Crippen molar-refractivity contribution in [3.8, 4) is 0 Å². The minimum absolute atomic E-state index is 0.0628. The maximum atomic E-state index is 10.5. The first-order chi connectivity index (χ1) is 15.1. The van der Waals surface area contributed by atoms with Crippen molar-refractivity contribution in [3.05, 3.63) is 0 Å². The monoisotopic (exact) mass is 483 g/mol. The molecule has 0 amide bonds. The third kappa shape index (κ3) is 26.7. The van der Waals surface area contributed by atoms with E-state index in [1.807, 2.05) is 0 Å². The molecule has 0 radical (unpaired) electrons. The number of unbranched alkanes of at least 4 members (excludes halogenated alkanes) is 1. The lowest BCUT2D eigenvalue weighted by Gasteiger charge is -2.31. The first kappa shape index (κ1) is 34.3. The highest BCUT2D eigenvalue weighted by Gasteiger charge is 2.38. The fourth-order valence-electron chi connectivity index (χ4n) is 2.08. The van der Waals surface area contributed by atoms with Crippen LogP contribution in [-0.2, 0) is 28.8 Å². The predicted molar refractivity (Wildman–Crippen MR) is 111 cm³/mol. The molecular formula is C18H33N3O12. The number of carboxylic acid groups (broad SMARTS) is 6. The predicted octanol–water partition coefficient (Wildman–Crippen LogP) is -1.04. The summed E-state index contributed by atoms with van der Waals surface area (Å²) in [5.41, 5.74) is 14.2. The molecule has 192 valence electrons. The van der Waals surface area contributed by atoms with Gasteiger partial charge in [-0.1, -0.05) is 0 Å². The van der Waals surface area contributed by atoms with Gasteiger partial charge in [0.15, 0.2) is 0 Å². The summed E-state index contributed by atoms with van der Waals surface area (Å²) >= 11 is 0. The van der Waals surface area contributed by atoms with Gasteiger partial charge in [-0.3, -0.25) is 28.8 Å². The zero-order valence-corrected chi connectivity index (χ0v) is 18.0. The number of carbonyl (C=O) groups is 6. The average Bonchev–Trinajstić information content (AvgIpc) is 2.62. The molecule has 12 N–H and O–H groups in total. The van der Waals surface area contributed by atoms with Crippen molar-refractivity contribution in [3.63, 3.8) is 0 Å². The molecule has 0 aliphatic rings. The van der Waals surface area contributed by atoms with Crippen molar-refractivity contribution in [1.29, 1.82) is 0 Å². The Bertz CT molecular complexity index is 622. The van der Waals surface area contributed by atoms with Crippen molar-refractivity contribution in [2.24, 2.45) is 17.2 Å². The number of hydrogen-bond donors (Lipinski definition) is 9. The van der Waals surface area contributed by atoms with E-state index in [4.69, 9.17) is 47.8 Å². The number of nitrogens with two attached hydrogens (primary N) is 3. The van der Waals surface area contributed by atoms with E-state index in [9.17, 15) is 28.8 Å². The highest BCUT2D eigenvalue weighted by atomic mass is 16.4. The van der Waals surface area contributed by atoms with Gasteiger partial charge in [-0.05, 0) is 25.8 Å². The van der Waals surface area contributed by atoms with E-state index in [-0.39, 0.29) is 19.3 Å². The van der Waals surface area contributed by atoms with Crippen LogP contribution >= 0.6 is 0 Å². The normalized spacial score (nSPS) is 11.0. The molecule has 0 saturated carbocycles. The molecule has 0 spiro atoms. The number of rotatable bonds is 15. The fraction of sp³-hybridized carbons (Fsp3) is 0.667. The van der Waals surface area contributed by atoms with Crippen molar-refractivity contribution >= 4 is 35.8 Å². The molecule has 33 heavy (non-hydrogen) atoms. The van der Waals surface area contributed by atoms with E-state index < -0.39 is 66.7 Å². The number of hydrogen-bond acceptors (Lipinski definition) is 9. The summed E-state index contributed by atoms with van der Waals surface area (Å²) in [6.45, 7) is 0.465. The van der Waals surface area contributed by atoms with Crippen LogP contribution in [0.5, 0.6) is 0 Å². The summed E-state index contributed by atoms with van der Waals surface area (Å²) in [6, 6.07) is -1.24. The summed E-state index contributed by atoms with van der Waals surface area (Å²) in [5.74, 6) is -6.44. The van der Waals surface area contributed by atoms with Gasteiger partial charge in [-0.15, -0.1) is 0 Å². The Hall–Kier alpha value is -3.30. The maximum absolute atomic E-state index is 10.5. The van der Waals surface area contributed by atoms with Crippen molar-refractivity contribution in [1.82, 2.24) is 0 Å². The lowest BCUT2D eigenvalue weighted by Crippen LogP contribution is -2.58. The lowest BCUT2D eigenvalue weighted by atomic mass is 9.83. The minimum atomic E-state index is -1.77. The molecule has 15 nitrogen and oxygen atoms in total. The Kier molecular flexibility index (Phi) is 20.2. The molecule has 1 unspecified atom stereocenters. The van der Waals surface area contributed by atoms with E-state index in [0.717, 1.165) is 0 Å². The second-order valence-electron chi connectivity index (χ2n) is 6.86. The summed E-state index contributed by atoms with van der Waals surface area (Å²) < 4.78 is 0. The first-order valence-electron chi connectivity index (χ1n) is 9.62. The van der Waals surface area contributed by atoms with E-state index in [1.165, 1.54) is 0 Å². The molecule has 0 rings (SSSR count). The Morgan fingerprint density at radius 2 is 0.939 bits per heavy atom. The summed E-state index contributed by atoms with van der Waals surface area (Å²) in [5, 5.41) is 49.9. The van der Waals surface area contributed by atoms with Crippen LogP contribution in [0.3, 0.4) is 0 Å². The molecule has 0 aliphatic carbocycles. The highest BCUT2D eigenvalue weighted by Crippen LogP contribution is 2.18. The first-order valence-corrected chi connectivity index (χ1v) is 9.62. The lowest BCUT2D eigenvalue weighted by molar-refractivity contribution is -0.144. The van der Waals surface area contributed by atoms with Crippen molar-refractivity contribution < 1.29 is 59.4 Å². The molecular weight excluding hydrogens is 450 g/mol. The molecule has 0 aliphatic heterocycles. The van der Waals surface area contributed by atoms with Crippen LogP contribution in [0.15, 0.2) is 0 Å². The maximum Gasteiger partial charge on any atom is 0.305 e. The van der Waals surface area contributed by atoms with Crippen molar-refractivity contribution in [2.75, 3.05) is 6.54 Å². The summed E-state index contributed by atoms with van der Waals surface area (Å²) in [4.78, 5) is 60.9. The molecule has 1 atom stereocenters. The van der Waals surface area contributed by atoms with Gasteiger partial charge in [0, 0.05) is 25.3 Å². The van der Waals surface area contributed by atoms with Crippen molar-refractivity contribution in [2.45, 2.75) is 69.4 Å². The Labute approximate surface area is 189 Å². The van der Waals surface area contributed by atoms with Crippen LogP contribution in [0.25, 0.3) is 0 Å². The molecule has 15 heteroatoms. The van der Waals surface area contributed by atoms with Gasteiger partial charge in [-0.25, -0.2) is 0 Å². The smallest absolute Gasteiger partial charge is 0.305 e. The van der Waals surface area contributed by atoms with Gasteiger partial charge in [-0.2, -0.15) is 0 Å². The van der Waals surface area contributed by atoms with Gasteiger partial charge in [0.25, 0.3) is 0 Å². The van der Waals surface area contributed by atoms with E-state index in [0.29, 0.717) is 25.8 Å². The molecule has 0 aromatic heterocycles. The largest absolute Gasteiger partial charge is 0.481 e. The SMILES string of the molecule is NC(CC(=O)O)C(N)(CC(=O)O)CC(=O)O.NCCCC(=O)O.O=C(O)CCCCC(=O)O. The van der Waals surface area contributed by atoms with Gasteiger partial charge < -0.3 is 47.8 Å². The zero-order chi connectivity index (χ0) is 26.6. The molecule has 0 bridgehead atoms. The summed E-state index contributed by atoms with van der Waals surface area (Å²) in [6.07, 6.45) is -0.200. The zero-order valence-electron chi connectivity index (χ0n) is 18.0. The average molecular weight is 483 g/mol. The van der Waals surface area contributed by atoms with E-state index in [1.54, 1.807) is 0 Å². The Balaban J connectivity index is -0.000000451. The number of aliphatic carboxylic acids is 6. The number of carboxylic acids is 6. The van der Waals surface area contributed by atoms with E-state index >= 15 is 0 Å². The minimum Gasteiger partial charge on any atom is -0.481 e. The van der Waals surface area contributed by atoms with Crippen LogP contribution in [0.1, 0.15) is 57.8 Å². The molecule has 0 aromatic carbocycles. The van der Waals surface area contributed by atoms with Crippen LogP contribution in [0, 0.1) is 0 Å². The fourth-order valence-corrected chi connectivity index (χ4v) is 2.08. The Morgan fingerprint density at radius 1 is 0.606 bits per heavy atom. The van der Waals surface area contributed by atoms with Gasteiger partial charge in [0.05, 0.1) is 24.8 Å². The molecule has 0 saturated heterocycles. The molecule has 0 aromatic rings. The Morgan fingerprint density at radius 3 is 1.15 bits per heavy atom. The van der Waals surface area contributed by atoms with Crippen LogP contribution in [0.2, 0.25) is 0 Å².